The van der Waals surface area contributed by atoms with Gasteiger partial charge in [0.25, 0.3) is 5.91 Å². The standard InChI is InChI=1S/C24H20N4O2S/c1-17(29)28(20-13-11-19(26)12-14-20)16-18(15-25)24(30)27-22-9-5-6-10-23(22)31-21-7-3-2-4-8-21/h2-14,16H,26H2,1H3,(H,27,30)/b18-16-. The van der Waals surface area contributed by atoms with Crippen molar-refractivity contribution in [3.63, 3.8) is 0 Å². The lowest BCUT2D eigenvalue weighted by atomic mass is 10.2. The zero-order chi connectivity index (χ0) is 22.2. The highest BCUT2D eigenvalue weighted by Crippen LogP contribution is 2.33. The first-order valence-electron chi connectivity index (χ1n) is 9.38. The molecule has 0 aliphatic carbocycles. The Hall–Kier alpha value is -4.02. The summed E-state index contributed by atoms with van der Waals surface area (Å²) in [6, 6.07) is 25.5. The summed E-state index contributed by atoms with van der Waals surface area (Å²) in [6.45, 7) is 1.35. The van der Waals surface area contributed by atoms with E-state index in [1.165, 1.54) is 29.8 Å². The van der Waals surface area contributed by atoms with Crippen molar-refractivity contribution in [2.45, 2.75) is 16.7 Å². The Morgan fingerprint density at radius 2 is 1.65 bits per heavy atom. The Morgan fingerprint density at radius 1 is 1.00 bits per heavy atom. The van der Waals surface area contributed by atoms with E-state index in [0.717, 1.165) is 9.79 Å². The van der Waals surface area contributed by atoms with Crippen LogP contribution in [0.5, 0.6) is 0 Å². The van der Waals surface area contributed by atoms with Gasteiger partial charge in [0.1, 0.15) is 11.6 Å². The number of rotatable bonds is 6. The van der Waals surface area contributed by atoms with Gasteiger partial charge in [-0.25, -0.2) is 0 Å². The second-order valence-corrected chi connectivity index (χ2v) is 7.62. The van der Waals surface area contributed by atoms with Gasteiger partial charge in [0.05, 0.1) is 5.69 Å². The summed E-state index contributed by atoms with van der Waals surface area (Å²) in [6.07, 6.45) is 1.23. The number of nitrogens with zero attached hydrogens (tertiary/aromatic N) is 2. The summed E-state index contributed by atoms with van der Waals surface area (Å²) in [5.41, 5.74) is 7.11. The molecule has 3 aromatic rings. The van der Waals surface area contributed by atoms with Crippen LogP contribution in [0.3, 0.4) is 0 Å². The van der Waals surface area contributed by atoms with Crippen molar-refractivity contribution in [3.8, 4) is 6.07 Å². The smallest absolute Gasteiger partial charge is 0.267 e. The predicted molar refractivity (Wildman–Crippen MR) is 123 cm³/mol. The number of benzene rings is 3. The first-order chi connectivity index (χ1) is 15.0. The van der Waals surface area contributed by atoms with E-state index in [2.05, 4.69) is 5.32 Å². The molecule has 0 fully saturated rings. The van der Waals surface area contributed by atoms with Gasteiger partial charge in [-0.15, -0.1) is 0 Å². The van der Waals surface area contributed by atoms with Crippen LogP contribution in [0.1, 0.15) is 6.92 Å². The maximum absolute atomic E-state index is 12.8. The van der Waals surface area contributed by atoms with Crippen molar-refractivity contribution < 1.29 is 9.59 Å². The second kappa shape index (κ2) is 10.1. The van der Waals surface area contributed by atoms with Crippen molar-refractivity contribution in [2.75, 3.05) is 16.0 Å². The lowest BCUT2D eigenvalue weighted by Crippen LogP contribution is -2.25. The maximum Gasteiger partial charge on any atom is 0.267 e. The summed E-state index contributed by atoms with van der Waals surface area (Å²) in [7, 11) is 0. The average Bonchev–Trinajstić information content (AvgIpc) is 2.77. The number of nitrogen functional groups attached to an aromatic ring is 1. The molecule has 0 unspecified atom stereocenters. The molecular weight excluding hydrogens is 408 g/mol. The van der Waals surface area contributed by atoms with E-state index in [-0.39, 0.29) is 11.5 Å². The van der Waals surface area contributed by atoms with E-state index < -0.39 is 5.91 Å². The highest BCUT2D eigenvalue weighted by Gasteiger charge is 2.17. The summed E-state index contributed by atoms with van der Waals surface area (Å²) < 4.78 is 0. The van der Waals surface area contributed by atoms with Crippen LogP contribution >= 0.6 is 11.8 Å². The van der Waals surface area contributed by atoms with E-state index in [1.807, 2.05) is 48.5 Å². The van der Waals surface area contributed by atoms with Crippen LogP contribution in [0.25, 0.3) is 0 Å². The minimum atomic E-state index is -0.606. The van der Waals surface area contributed by atoms with Gasteiger partial charge in [-0.3, -0.25) is 14.5 Å². The van der Waals surface area contributed by atoms with Crippen molar-refractivity contribution in [3.05, 3.63) is 90.6 Å². The molecule has 6 nitrogen and oxygen atoms in total. The molecule has 3 aromatic carbocycles. The molecule has 0 saturated carbocycles. The van der Waals surface area contributed by atoms with Crippen LogP contribution in [0.4, 0.5) is 17.1 Å². The zero-order valence-corrected chi connectivity index (χ0v) is 17.6. The Morgan fingerprint density at radius 3 is 2.29 bits per heavy atom. The first kappa shape index (κ1) is 21.7. The average molecular weight is 429 g/mol. The third-order valence-electron chi connectivity index (χ3n) is 4.24. The molecule has 0 aromatic heterocycles. The highest BCUT2D eigenvalue weighted by molar-refractivity contribution is 7.99. The molecule has 0 heterocycles. The fraction of sp³-hybridized carbons (Fsp3) is 0.0417. The van der Waals surface area contributed by atoms with Crippen molar-refractivity contribution in [2.24, 2.45) is 0 Å². The number of hydrogen-bond acceptors (Lipinski definition) is 5. The second-order valence-electron chi connectivity index (χ2n) is 6.50. The summed E-state index contributed by atoms with van der Waals surface area (Å²) in [4.78, 5) is 28.0. The van der Waals surface area contributed by atoms with Gasteiger partial charge in [0.2, 0.25) is 5.91 Å². The van der Waals surface area contributed by atoms with Crippen LogP contribution in [-0.2, 0) is 9.59 Å². The van der Waals surface area contributed by atoms with Crippen molar-refractivity contribution in [1.82, 2.24) is 0 Å². The van der Waals surface area contributed by atoms with Crippen LogP contribution in [0, 0.1) is 11.3 Å². The Balaban J connectivity index is 1.85. The Bertz CT molecular complexity index is 1150. The van der Waals surface area contributed by atoms with Gasteiger partial charge in [-0.1, -0.05) is 42.1 Å². The van der Waals surface area contributed by atoms with E-state index in [1.54, 1.807) is 36.4 Å². The van der Waals surface area contributed by atoms with Gasteiger partial charge in [-0.05, 0) is 48.5 Å². The number of amides is 2. The maximum atomic E-state index is 12.8. The molecule has 7 heteroatoms. The minimum absolute atomic E-state index is 0.202. The van der Waals surface area contributed by atoms with Crippen LogP contribution in [0.2, 0.25) is 0 Å². The molecule has 0 radical (unpaired) electrons. The topological polar surface area (TPSA) is 99.2 Å². The van der Waals surface area contributed by atoms with Gasteiger partial charge in [0, 0.05) is 34.3 Å². The van der Waals surface area contributed by atoms with Gasteiger partial charge >= 0.3 is 0 Å². The first-order valence-corrected chi connectivity index (χ1v) is 10.2. The number of para-hydroxylation sites is 1. The van der Waals surface area contributed by atoms with Crippen LogP contribution < -0.4 is 16.0 Å². The van der Waals surface area contributed by atoms with Gasteiger partial charge in [0.15, 0.2) is 0 Å². The summed E-state index contributed by atoms with van der Waals surface area (Å²) in [5.74, 6) is -0.948. The van der Waals surface area contributed by atoms with Crippen molar-refractivity contribution in [1.29, 1.82) is 5.26 Å². The molecule has 2 amide bonds. The fourth-order valence-corrected chi connectivity index (χ4v) is 3.64. The van der Waals surface area contributed by atoms with E-state index in [4.69, 9.17) is 5.73 Å². The molecule has 0 aliphatic rings. The van der Waals surface area contributed by atoms with Crippen LogP contribution in [0.15, 0.2) is 100 Å². The lowest BCUT2D eigenvalue weighted by molar-refractivity contribution is -0.116. The number of carbonyl (C=O) groups is 2. The number of nitrogens with one attached hydrogen (secondary N) is 1. The molecule has 0 atom stereocenters. The summed E-state index contributed by atoms with van der Waals surface area (Å²) >= 11 is 1.50. The van der Waals surface area contributed by atoms with Crippen molar-refractivity contribution >= 4 is 40.6 Å². The molecule has 0 spiro atoms. The highest BCUT2D eigenvalue weighted by atomic mass is 32.2. The van der Waals surface area contributed by atoms with E-state index in [9.17, 15) is 14.9 Å². The number of hydrogen-bond donors (Lipinski definition) is 2. The number of nitriles is 1. The number of nitrogens with two attached hydrogens (primary N) is 1. The molecule has 3 N–H and O–H groups in total. The largest absolute Gasteiger partial charge is 0.399 e. The molecular formula is C24H20N4O2S. The Labute approximate surface area is 185 Å². The molecule has 154 valence electrons. The fourth-order valence-electron chi connectivity index (χ4n) is 2.71. The molecule has 0 saturated heterocycles. The lowest BCUT2D eigenvalue weighted by Gasteiger charge is -2.17. The van der Waals surface area contributed by atoms with Gasteiger partial charge in [-0.2, -0.15) is 5.26 Å². The molecule has 0 bridgehead atoms. The minimum Gasteiger partial charge on any atom is -0.399 e. The van der Waals surface area contributed by atoms with E-state index in [0.29, 0.717) is 17.1 Å². The molecule has 3 rings (SSSR count). The molecule has 0 aliphatic heterocycles. The Kier molecular flexibility index (Phi) is 7.09. The number of carbonyl (C=O) groups excluding carboxylic acids is 2. The third-order valence-corrected chi connectivity index (χ3v) is 5.32. The summed E-state index contributed by atoms with van der Waals surface area (Å²) in [5, 5.41) is 12.3. The zero-order valence-electron chi connectivity index (χ0n) is 16.8. The van der Waals surface area contributed by atoms with Crippen LogP contribution in [-0.4, -0.2) is 11.8 Å². The quantitative estimate of drug-likeness (QED) is 0.333. The van der Waals surface area contributed by atoms with E-state index >= 15 is 0 Å². The predicted octanol–water partition coefficient (Wildman–Crippen LogP) is 4.82. The normalized spacial score (nSPS) is 10.8. The monoisotopic (exact) mass is 428 g/mol. The third kappa shape index (κ3) is 5.75. The van der Waals surface area contributed by atoms with Gasteiger partial charge < -0.3 is 11.1 Å². The SMILES string of the molecule is CC(=O)N(/C=C(/C#N)C(=O)Nc1ccccc1Sc1ccccc1)c1ccc(N)cc1. The molecule has 31 heavy (non-hydrogen) atoms. The number of anilines is 3.